The van der Waals surface area contributed by atoms with Crippen LogP contribution in [0.3, 0.4) is 0 Å². The molecule has 1 atom stereocenters. The zero-order valence-electron chi connectivity index (χ0n) is 15.2. The lowest BCUT2D eigenvalue weighted by Gasteiger charge is -2.19. The Kier molecular flexibility index (Phi) is 5.20. The van der Waals surface area contributed by atoms with Crippen LogP contribution in [0.25, 0.3) is 0 Å². The molecule has 4 rings (SSSR count). The molecule has 1 N–H and O–H groups in total. The lowest BCUT2D eigenvalue weighted by Crippen LogP contribution is -2.38. The summed E-state index contributed by atoms with van der Waals surface area (Å²) < 4.78 is 5.78. The van der Waals surface area contributed by atoms with Gasteiger partial charge in [-0.1, -0.05) is 78.9 Å². The summed E-state index contributed by atoms with van der Waals surface area (Å²) in [5.74, 6) is 1.05. The van der Waals surface area contributed by atoms with Crippen molar-refractivity contribution in [2.45, 2.75) is 24.9 Å². The van der Waals surface area contributed by atoms with Gasteiger partial charge in [-0.2, -0.15) is 0 Å². The maximum Gasteiger partial charge on any atom is 0.261 e. The Labute approximate surface area is 160 Å². The minimum Gasteiger partial charge on any atom is -0.480 e. The van der Waals surface area contributed by atoms with Gasteiger partial charge in [0.15, 0.2) is 6.10 Å². The predicted molar refractivity (Wildman–Crippen MR) is 107 cm³/mol. The van der Waals surface area contributed by atoms with Crippen molar-refractivity contribution in [3.05, 3.63) is 102 Å². The third kappa shape index (κ3) is 4.03. The second-order valence-corrected chi connectivity index (χ2v) is 6.87. The minimum absolute atomic E-state index is 0.0360. The van der Waals surface area contributed by atoms with Crippen LogP contribution in [0.1, 0.15) is 29.0 Å². The number of fused-ring (bicyclic) bond motifs is 1. The highest BCUT2D eigenvalue weighted by Crippen LogP contribution is 2.29. The van der Waals surface area contributed by atoms with Crippen molar-refractivity contribution < 1.29 is 9.53 Å². The first kappa shape index (κ1) is 17.3. The van der Waals surface area contributed by atoms with Crippen LogP contribution in [0.2, 0.25) is 0 Å². The molecule has 1 unspecified atom stereocenters. The number of hydrogen-bond acceptors (Lipinski definition) is 2. The Morgan fingerprint density at radius 2 is 1.48 bits per heavy atom. The summed E-state index contributed by atoms with van der Waals surface area (Å²) in [6.07, 6.45) is 1.07. The van der Waals surface area contributed by atoms with Gasteiger partial charge in [0.05, 0.1) is 0 Å². The smallest absolute Gasteiger partial charge is 0.261 e. The van der Waals surface area contributed by atoms with E-state index in [1.165, 1.54) is 11.1 Å². The number of carbonyl (C=O) groups excluding carboxylic acids is 1. The van der Waals surface area contributed by atoms with Crippen molar-refractivity contribution >= 4 is 5.91 Å². The van der Waals surface area contributed by atoms with E-state index in [1.54, 1.807) is 0 Å². The number of nitrogens with one attached hydrogen (secondary N) is 1. The van der Waals surface area contributed by atoms with Crippen LogP contribution in [0, 0.1) is 0 Å². The Hall–Kier alpha value is -3.07. The fourth-order valence-electron chi connectivity index (χ4n) is 3.68. The fraction of sp³-hybridized carbons (Fsp3) is 0.208. The van der Waals surface area contributed by atoms with Gasteiger partial charge in [-0.3, -0.25) is 4.79 Å². The van der Waals surface area contributed by atoms with E-state index in [0.29, 0.717) is 13.0 Å². The summed E-state index contributed by atoms with van der Waals surface area (Å²) in [6, 6.07) is 28.8. The minimum atomic E-state index is -0.422. The van der Waals surface area contributed by atoms with Gasteiger partial charge in [-0.25, -0.2) is 0 Å². The topological polar surface area (TPSA) is 38.3 Å². The summed E-state index contributed by atoms with van der Waals surface area (Å²) in [7, 11) is 0. The monoisotopic (exact) mass is 357 g/mol. The lowest BCUT2D eigenvalue weighted by atomic mass is 9.88. The molecule has 1 aliphatic rings. The number of ether oxygens (including phenoxy) is 1. The summed E-state index contributed by atoms with van der Waals surface area (Å²) in [4.78, 5) is 12.5. The standard InChI is InChI=1S/C24H23NO2/c26-24(23-17-20-13-7-8-14-22(20)27-23)25-16-15-21(18-9-3-1-4-10-18)19-11-5-2-6-12-19/h1-14,21,23H,15-17H2,(H,25,26). The van der Waals surface area contributed by atoms with E-state index in [0.717, 1.165) is 17.7 Å². The number of hydrogen-bond donors (Lipinski definition) is 1. The van der Waals surface area contributed by atoms with E-state index in [4.69, 9.17) is 4.74 Å². The highest BCUT2D eigenvalue weighted by atomic mass is 16.5. The van der Waals surface area contributed by atoms with Crippen molar-refractivity contribution in [3.63, 3.8) is 0 Å². The van der Waals surface area contributed by atoms with E-state index in [-0.39, 0.29) is 11.8 Å². The first-order valence-corrected chi connectivity index (χ1v) is 9.43. The van der Waals surface area contributed by atoms with E-state index in [2.05, 4.69) is 53.8 Å². The number of carbonyl (C=O) groups is 1. The van der Waals surface area contributed by atoms with Gasteiger partial charge in [0.2, 0.25) is 0 Å². The zero-order valence-corrected chi connectivity index (χ0v) is 15.2. The van der Waals surface area contributed by atoms with Crippen LogP contribution in [-0.4, -0.2) is 18.6 Å². The zero-order chi connectivity index (χ0) is 18.5. The molecular formula is C24H23NO2. The molecule has 1 aliphatic heterocycles. The van der Waals surface area contributed by atoms with Crippen LogP contribution in [0.5, 0.6) is 5.75 Å². The molecule has 0 aromatic heterocycles. The molecule has 0 aliphatic carbocycles. The maximum absolute atomic E-state index is 12.5. The van der Waals surface area contributed by atoms with Crippen molar-refractivity contribution in [1.29, 1.82) is 0 Å². The largest absolute Gasteiger partial charge is 0.480 e. The van der Waals surface area contributed by atoms with E-state index in [1.807, 2.05) is 36.4 Å². The highest BCUT2D eigenvalue weighted by Gasteiger charge is 2.28. The Morgan fingerprint density at radius 1 is 0.889 bits per heavy atom. The Balaban J connectivity index is 1.38. The van der Waals surface area contributed by atoms with Gasteiger partial charge in [0.25, 0.3) is 5.91 Å². The molecule has 1 amide bonds. The maximum atomic E-state index is 12.5. The summed E-state index contributed by atoms with van der Waals surface area (Å²) >= 11 is 0. The molecule has 27 heavy (non-hydrogen) atoms. The Morgan fingerprint density at radius 3 is 2.11 bits per heavy atom. The van der Waals surface area contributed by atoms with Crippen LogP contribution < -0.4 is 10.1 Å². The molecule has 0 saturated heterocycles. The molecule has 1 heterocycles. The third-order valence-corrected chi connectivity index (χ3v) is 5.08. The fourth-order valence-corrected chi connectivity index (χ4v) is 3.68. The molecule has 3 aromatic carbocycles. The molecule has 0 radical (unpaired) electrons. The van der Waals surface area contributed by atoms with Crippen molar-refractivity contribution in [3.8, 4) is 5.75 Å². The first-order valence-electron chi connectivity index (χ1n) is 9.43. The molecule has 3 nitrogen and oxygen atoms in total. The normalized spacial score (nSPS) is 15.2. The van der Waals surface area contributed by atoms with Crippen molar-refractivity contribution in [2.75, 3.05) is 6.54 Å². The average molecular weight is 357 g/mol. The molecule has 0 bridgehead atoms. The van der Waals surface area contributed by atoms with Gasteiger partial charge in [0.1, 0.15) is 5.75 Å². The summed E-state index contributed by atoms with van der Waals surface area (Å²) in [6.45, 7) is 0.615. The molecule has 3 aromatic rings. The van der Waals surface area contributed by atoms with Crippen LogP contribution in [-0.2, 0) is 11.2 Å². The average Bonchev–Trinajstić information content (AvgIpc) is 3.17. The third-order valence-electron chi connectivity index (χ3n) is 5.08. The molecular weight excluding hydrogens is 334 g/mol. The van der Waals surface area contributed by atoms with Gasteiger partial charge < -0.3 is 10.1 Å². The van der Waals surface area contributed by atoms with E-state index < -0.39 is 6.10 Å². The number of amides is 1. The second-order valence-electron chi connectivity index (χ2n) is 6.87. The SMILES string of the molecule is O=C(NCCC(c1ccccc1)c1ccccc1)C1Cc2ccccc2O1. The first-order chi connectivity index (χ1) is 13.3. The molecule has 0 spiro atoms. The van der Waals surface area contributed by atoms with Gasteiger partial charge in [0, 0.05) is 18.9 Å². The van der Waals surface area contributed by atoms with Crippen LogP contribution in [0.4, 0.5) is 0 Å². The van der Waals surface area contributed by atoms with Gasteiger partial charge in [-0.15, -0.1) is 0 Å². The quantitative estimate of drug-likeness (QED) is 0.713. The summed E-state index contributed by atoms with van der Waals surface area (Å²) in [5.41, 5.74) is 3.63. The number of benzene rings is 3. The van der Waals surface area contributed by atoms with Crippen molar-refractivity contribution in [1.82, 2.24) is 5.32 Å². The molecule has 3 heteroatoms. The predicted octanol–water partition coefficient (Wildman–Crippen LogP) is 4.33. The second kappa shape index (κ2) is 8.09. The summed E-state index contributed by atoms with van der Waals surface area (Å²) in [5, 5.41) is 3.07. The van der Waals surface area contributed by atoms with Gasteiger partial charge >= 0.3 is 0 Å². The van der Waals surface area contributed by atoms with E-state index >= 15 is 0 Å². The lowest BCUT2D eigenvalue weighted by molar-refractivity contribution is -0.127. The Bertz CT molecular complexity index is 828. The molecule has 0 fully saturated rings. The number of para-hydroxylation sites is 1. The van der Waals surface area contributed by atoms with Crippen molar-refractivity contribution in [2.24, 2.45) is 0 Å². The number of rotatable bonds is 6. The highest BCUT2D eigenvalue weighted by molar-refractivity contribution is 5.82. The van der Waals surface area contributed by atoms with Gasteiger partial charge in [-0.05, 0) is 29.2 Å². The van der Waals surface area contributed by atoms with Crippen LogP contribution >= 0.6 is 0 Å². The molecule has 136 valence electrons. The van der Waals surface area contributed by atoms with Crippen LogP contribution in [0.15, 0.2) is 84.9 Å². The van der Waals surface area contributed by atoms with E-state index in [9.17, 15) is 4.79 Å². The molecule has 0 saturated carbocycles.